The molecule has 3 rings (SSSR count). The molecule has 1 aliphatic heterocycles. The molecule has 1 heterocycles. The van der Waals surface area contributed by atoms with Crippen LogP contribution >= 0.6 is 0 Å². The van der Waals surface area contributed by atoms with E-state index in [4.69, 9.17) is 23.7 Å². The summed E-state index contributed by atoms with van der Waals surface area (Å²) in [6.07, 6.45) is 10.3. The van der Waals surface area contributed by atoms with Gasteiger partial charge in [-0.25, -0.2) is 0 Å². The number of unbranched alkanes of at least 4 members (excludes halogenated alkanes) is 4. The summed E-state index contributed by atoms with van der Waals surface area (Å²) < 4.78 is 31.0. The smallest absolute Gasteiger partial charge is 0.161 e. The Morgan fingerprint density at radius 1 is 0.667 bits per heavy atom. The van der Waals surface area contributed by atoms with Crippen molar-refractivity contribution >= 4 is 0 Å². The molecule has 0 spiro atoms. The van der Waals surface area contributed by atoms with Crippen LogP contribution in [0.1, 0.15) is 103 Å². The van der Waals surface area contributed by atoms with Crippen LogP contribution in [0.25, 0.3) is 0 Å². The molecule has 0 aromatic heterocycles. The average molecular weight is 499 g/mol. The maximum atomic E-state index is 6.57. The van der Waals surface area contributed by atoms with Gasteiger partial charge in [0.2, 0.25) is 0 Å². The molecule has 0 amide bonds. The summed E-state index contributed by atoms with van der Waals surface area (Å²) in [5.41, 5.74) is 2.25. The first kappa shape index (κ1) is 28.0. The van der Waals surface area contributed by atoms with E-state index in [-0.39, 0.29) is 6.10 Å². The Labute approximate surface area is 218 Å². The van der Waals surface area contributed by atoms with Crippen LogP contribution in [0.5, 0.6) is 28.7 Å². The summed E-state index contributed by atoms with van der Waals surface area (Å²) in [4.78, 5) is 0. The minimum absolute atomic E-state index is 0.0508. The van der Waals surface area contributed by atoms with Crippen LogP contribution < -0.4 is 23.7 Å². The largest absolute Gasteiger partial charge is 0.493 e. The van der Waals surface area contributed by atoms with Gasteiger partial charge in [-0.2, -0.15) is 0 Å². The van der Waals surface area contributed by atoms with Crippen LogP contribution in [0.4, 0.5) is 0 Å². The molecule has 1 atom stereocenters. The molecule has 0 aliphatic carbocycles. The molecule has 1 aliphatic rings. The average Bonchev–Trinajstić information content (AvgIpc) is 2.89. The lowest BCUT2D eigenvalue weighted by molar-refractivity contribution is 0.170. The second-order valence-corrected chi connectivity index (χ2v) is 9.56. The van der Waals surface area contributed by atoms with Gasteiger partial charge < -0.3 is 23.7 Å². The van der Waals surface area contributed by atoms with Crippen molar-refractivity contribution in [2.75, 3.05) is 26.4 Å². The van der Waals surface area contributed by atoms with Crippen LogP contribution in [-0.4, -0.2) is 26.4 Å². The van der Waals surface area contributed by atoms with Crippen LogP contribution in [0.15, 0.2) is 30.3 Å². The van der Waals surface area contributed by atoms with Crippen molar-refractivity contribution in [2.24, 2.45) is 0 Å². The van der Waals surface area contributed by atoms with Crippen molar-refractivity contribution in [3.05, 3.63) is 41.5 Å². The number of ether oxygens (including phenoxy) is 5. The van der Waals surface area contributed by atoms with Crippen LogP contribution in [0.3, 0.4) is 0 Å². The number of fused-ring (bicyclic) bond motifs is 1. The highest BCUT2D eigenvalue weighted by molar-refractivity contribution is 5.52. The van der Waals surface area contributed by atoms with Gasteiger partial charge in [0.05, 0.1) is 26.4 Å². The SMILES string of the molecule is CCCCOc1cc(OCCCC)c2c(c1)O[C@@H](c1ccc(OCCCC)c(OCCCC)c1)CC2. The Morgan fingerprint density at radius 2 is 1.25 bits per heavy atom. The Morgan fingerprint density at radius 3 is 1.89 bits per heavy atom. The van der Waals surface area contributed by atoms with Gasteiger partial charge in [0.25, 0.3) is 0 Å². The number of hydrogen-bond acceptors (Lipinski definition) is 5. The molecule has 5 nitrogen and oxygen atoms in total. The Hall–Kier alpha value is -2.56. The molecular weight excluding hydrogens is 452 g/mol. The van der Waals surface area contributed by atoms with Gasteiger partial charge >= 0.3 is 0 Å². The lowest BCUT2D eigenvalue weighted by atomic mass is 9.96. The van der Waals surface area contributed by atoms with E-state index in [0.29, 0.717) is 26.4 Å². The van der Waals surface area contributed by atoms with Gasteiger partial charge in [-0.15, -0.1) is 0 Å². The molecule has 0 saturated carbocycles. The lowest BCUT2D eigenvalue weighted by Crippen LogP contribution is -2.17. The molecule has 200 valence electrons. The van der Waals surface area contributed by atoms with Crippen molar-refractivity contribution in [2.45, 2.75) is 98.0 Å². The fourth-order valence-electron chi connectivity index (χ4n) is 4.15. The topological polar surface area (TPSA) is 46.2 Å². The van der Waals surface area contributed by atoms with E-state index in [2.05, 4.69) is 39.8 Å². The van der Waals surface area contributed by atoms with E-state index < -0.39 is 0 Å². The zero-order chi connectivity index (χ0) is 25.6. The molecule has 0 saturated heterocycles. The zero-order valence-corrected chi connectivity index (χ0v) is 22.9. The van der Waals surface area contributed by atoms with Gasteiger partial charge in [-0.3, -0.25) is 0 Å². The Bertz CT molecular complexity index is 910. The number of benzene rings is 2. The van der Waals surface area contributed by atoms with Crippen LogP contribution in [0, 0.1) is 0 Å². The summed E-state index contributed by atoms with van der Waals surface area (Å²) in [7, 11) is 0. The molecule has 2 aromatic rings. The maximum absolute atomic E-state index is 6.57. The highest BCUT2D eigenvalue weighted by Crippen LogP contribution is 2.43. The highest BCUT2D eigenvalue weighted by Gasteiger charge is 2.26. The molecule has 0 bridgehead atoms. The number of hydrogen-bond donors (Lipinski definition) is 0. The summed E-state index contributed by atoms with van der Waals surface area (Å²) in [6, 6.07) is 10.3. The fraction of sp³-hybridized carbons (Fsp3) is 0.613. The van der Waals surface area contributed by atoms with Gasteiger partial charge in [0.15, 0.2) is 11.5 Å². The summed E-state index contributed by atoms with van der Waals surface area (Å²) >= 11 is 0. The molecule has 0 fully saturated rings. The van der Waals surface area contributed by atoms with Crippen molar-refractivity contribution < 1.29 is 23.7 Å². The van der Waals surface area contributed by atoms with Crippen molar-refractivity contribution in [3.8, 4) is 28.7 Å². The fourth-order valence-corrected chi connectivity index (χ4v) is 4.15. The first-order valence-electron chi connectivity index (χ1n) is 14.2. The summed E-state index contributed by atoms with van der Waals surface area (Å²) in [6.45, 7) is 11.5. The summed E-state index contributed by atoms with van der Waals surface area (Å²) in [5.74, 6) is 4.21. The predicted octanol–water partition coefficient (Wildman–Crippen LogP) is 8.47. The minimum atomic E-state index is -0.0508. The van der Waals surface area contributed by atoms with Crippen LogP contribution in [-0.2, 0) is 6.42 Å². The van der Waals surface area contributed by atoms with Gasteiger partial charge in [-0.05, 0) is 56.2 Å². The normalized spacial score (nSPS) is 14.6. The van der Waals surface area contributed by atoms with E-state index in [1.807, 2.05) is 18.2 Å². The van der Waals surface area contributed by atoms with Gasteiger partial charge in [0, 0.05) is 17.7 Å². The third-order valence-corrected chi connectivity index (χ3v) is 6.44. The molecule has 0 radical (unpaired) electrons. The van der Waals surface area contributed by atoms with E-state index in [9.17, 15) is 0 Å². The van der Waals surface area contributed by atoms with Gasteiger partial charge in [0.1, 0.15) is 23.4 Å². The van der Waals surface area contributed by atoms with Gasteiger partial charge in [-0.1, -0.05) is 59.4 Å². The summed E-state index contributed by atoms with van der Waals surface area (Å²) in [5, 5.41) is 0. The second kappa shape index (κ2) is 15.5. The molecule has 2 aromatic carbocycles. The van der Waals surface area contributed by atoms with Crippen molar-refractivity contribution in [1.29, 1.82) is 0 Å². The quantitative estimate of drug-likeness (QED) is 0.205. The third kappa shape index (κ3) is 8.25. The number of rotatable bonds is 17. The molecule has 5 heteroatoms. The predicted molar refractivity (Wildman–Crippen MR) is 146 cm³/mol. The molecule has 0 unspecified atom stereocenters. The third-order valence-electron chi connectivity index (χ3n) is 6.44. The van der Waals surface area contributed by atoms with Crippen LogP contribution in [0.2, 0.25) is 0 Å². The monoisotopic (exact) mass is 498 g/mol. The highest BCUT2D eigenvalue weighted by atomic mass is 16.5. The van der Waals surface area contributed by atoms with Crippen molar-refractivity contribution in [3.63, 3.8) is 0 Å². The Balaban J connectivity index is 1.81. The molecule has 36 heavy (non-hydrogen) atoms. The maximum Gasteiger partial charge on any atom is 0.161 e. The lowest BCUT2D eigenvalue weighted by Gasteiger charge is -2.29. The van der Waals surface area contributed by atoms with E-state index in [1.54, 1.807) is 0 Å². The molecular formula is C31H46O5. The standard InChI is InChI=1S/C31H46O5/c1-5-9-17-32-25-22-29(34-19-11-7-3)26-14-16-27(36-30(26)23-25)24-13-15-28(33-18-10-6-2)31(21-24)35-20-12-8-4/h13,15,21-23,27H,5-12,14,16-20H2,1-4H3/t27-/m1/s1. The Kier molecular flexibility index (Phi) is 12.1. The van der Waals surface area contributed by atoms with Crippen molar-refractivity contribution in [1.82, 2.24) is 0 Å². The zero-order valence-electron chi connectivity index (χ0n) is 22.9. The first-order chi connectivity index (χ1) is 17.7. The first-order valence-corrected chi connectivity index (χ1v) is 14.2. The molecule has 0 N–H and O–H groups in total. The second-order valence-electron chi connectivity index (χ2n) is 9.56. The minimum Gasteiger partial charge on any atom is -0.493 e. The van der Waals surface area contributed by atoms with E-state index in [0.717, 1.165) is 104 Å². The van der Waals surface area contributed by atoms with E-state index >= 15 is 0 Å². The van der Waals surface area contributed by atoms with E-state index in [1.165, 1.54) is 0 Å².